The molecule has 0 radical (unpaired) electrons. The molecule has 1 N–H and O–H groups in total. The summed E-state index contributed by atoms with van der Waals surface area (Å²) in [7, 11) is 3.80. The Bertz CT molecular complexity index is 738. The van der Waals surface area contributed by atoms with Gasteiger partial charge < -0.3 is 19.9 Å². The predicted molar refractivity (Wildman–Crippen MR) is 97.4 cm³/mol. The van der Waals surface area contributed by atoms with E-state index in [0.29, 0.717) is 29.7 Å². The van der Waals surface area contributed by atoms with Crippen LogP contribution in [0.2, 0.25) is 5.02 Å². The van der Waals surface area contributed by atoms with Gasteiger partial charge in [-0.15, -0.1) is 10.2 Å². The molecule has 0 spiro atoms. The summed E-state index contributed by atoms with van der Waals surface area (Å²) in [5, 5.41) is 11.6. The smallest absolute Gasteiger partial charge is 0.321 e. The average Bonchev–Trinajstić information content (AvgIpc) is 3.04. The van der Waals surface area contributed by atoms with E-state index in [1.807, 2.05) is 25.1 Å². The number of hydrogen-bond acceptors (Lipinski definition) is 5. The Kier molecular flexibility index (Phi) is 5.23. The maximum absolute atomic E-state index is 12.3. The molecule has 2 heterocycles. The zero-order valence-electron chi connectivity index (χ0n) is 14.1. The third kappa shape index (κ3) is 4.51. The molecular formula is C17H20ClN5O2. The maximum Gasteiger partial charge on any atom is 0.321 e. The molecule has 1 unspecified atom stereocenters. The van der Waals surface area contributed by atoms with E-state index in [4.69, 9.17) is 16.3 Å². The Morgan fingerprint density at radius 1 is 1.32 bits per heavy atom. The van der Waals surface area contributed by atoms with Crippen molar-refractivity contribution in [3.63, 3.8) is 0 Å². The number of carbonyl (C=O) groups is 1. The number of hydrogen-bond donors (Lipinski definition) is 1. The van der Waals surface area contributed by atoms with Crippen LogP contribution in [0.15, 0.2) is 36.4 Å². The van der Waals surface area contributed by atoms with Gasteiger partial charge in [-0.3, -0.25) is 0 Å². The topological polar surface area (TPSA) is 70.6 Å². The van der Waals surface area contributed by atoms with E-state index in [1.54, 1.807) is 35.2 Å². The number of likely N-dealkylation sites (tertiary alicyclic amines) is 1. The van der Waals surface area contributed by atoms with Crippen LogP contribution in [0.5, 0.6) is 5.88 Å². The van der Waals surface area contributed by atoms with Crippen molar-refractivity contribution in [2.75, 3.05) is 37.4 Å². The van der Waals surface area contributed by atoms with Gasteiger partial charge in [0.05, 0.1) is 6.54 Å². The third-order valence-electron chi connectivity index (χ3n) is 3.88. The Balaban J connectivity index is 1.53. The maximum atomic E-state index is 12.3. The van der Waals surface area contributed by atoms with Gasteiger partial charge in [0.15, 0.2) is 5.82 Å². The van der Waals surface area contributed by atoms with Crippen molar-refractivity contribution in [1.29, 1.82) is 0 Å². The number of nitrogens with one attached hydrogen (secondary N) is 1. The lowest BCUT2D eigenvalue weighted by atomic mass is 10.3. The van der Waals surface area contributed by atoms with Gasteiger partial charge in [0.25, 0.3) is 0 Å². The summed E-state index contributed by atoms with van der Waals surface area (Å²) in [5.41, 5.74) is 0.673. The zero-order valence-corrected chi connectivity index (χ0v) is 14.9. The molecule has 2 aromatic rings. The first-order valence-electron chi connectivity index (χ1n) is 8.00. The van der Waals surface area contributed by atoms with Crippen LogP contribution in [-0.2, 0) is 0 Å². The van der Waals surface area contributed by atoms with Crippen molar-refractivity contribution >= 4 is 29.1 Å². The van der Waals surface area contributed by atoms with Crippen LogP contribution in [-0.4, -0.2) is 54.4 Å². The standard InChI is InChI=1S/C17H20ClN5O2/c1-22(2)15-6-7-16(21-20-15)25-14-8-9-23(11-14)17(24)19-13-5-3-4-12(18)10-13/h3-7,10,14H,8-9,11H2,1-2H3,(H,19,24). The van der Waals surface area contributed by atoms with Gasteiger partial charge >= 0.3 is 6.03 Å². The number of anilines is 2. The van der Waals surface area contributed by atoms with E-state index < -0.39 is 0 Å². The molecule has 7 nitrogen and oxygen atoms in total. The van der Waals surface area contributed by atoms with E-state index in [9.17, 15) is 4.79 Å². The Hall–Kier alpha value is -2.54. The summed E-state index contributed by atoms with van der Waals surface area (Å²) in [6.45, 7) is 1.13. The van der Waals surface area contributed by atoms with E-state index in [1.165, 1.54) is 0 Å². The van der Waals surface area contributed by atoms with Crippen molar-refractivity contribution in [2.45, 2.75) is 12.5 Å². The molecule has 1 fully saturated rings. The fourth-order valence-corrected chi connectivity index (χ4v) is 2.75. The molecule has 3 rings (SSSR count). The predicted octanol–water partition coefficient (Wildman–Crippen LogP) is 2.88. The highest BCUT2D eigenvalue weighted by Crippen LogP contribution is 2.20. The van der Waals surface area contributed by atoms with Gasteiger partial charge in [-0.05, 0) is 24.3 Å². The Morgan fingerprint density at radius 2 is 2.16 bits per heavy atom. The van der Waals surface area contributed by atoms with E-state index >= 15 is 0 Å². The van der Waals surface area contributed by atoms with Gasteiger partial charge in [0.1, 0.15) is 6.10 Å². The van der Waals surface area contributed by atoms with Crippen LogP contribution in [0.25, 0.3) is 0 Å². The summed E-state index contributed by atoms with van der Waals surface area (Å²) in [4.78, 5) is 15.9. The molecule has 8 heteroatoms. The average molecular weight is 362 g/mol. The molecule has 1 aromatic heterocycles. The van der Waals surface area contributed by atoms with Crippen LogP contribution < -0.4 is 15.0 Å². The molecule has 1 aliphatic heterocycles. The number of benzene rings is 1. The molecule has 0 saturated carbocycles. The quantitative estimate of drug-likeness (QED) is 0.906. The van der Waals surface area contributed by atoms with Gasteiger partial charge in [-0.2, -0.15) is 0 Å². The molecule has 0 bridgehead atoms. The van der Waals surface area contributed by atoms with Gasteiger partial charge in [0, 0.05) is 43.8 Å². The molecule has 0 aliphatic carbocycles. The minimum atomic E-state index is -0.164. The molecular weight excluding hydrogens is 342 g/mol. The normalized spacial score (nSPS) is 16.6. The molecule has 1 atom stereocenters. The summed E-state index contributed by atoms with van der Waals surface area (Å²) in [5.74, 6) is 1.23. The second kappa shape index (κ2) is 7.57. The number of rotatable bonds is 4. The minimum absolute atomic E-state index is 0.0929. The number of urea groups is 1. The first kappa shape index (κ1) is 17.3. The number of nitrogens with zero attached hydrogens (tertiary/aromatic N) is 4. The van der Waals surface area contributed by atoms with Crippen LogP contribution in [0, 0.1) is 0 Å². The molecule has 25 heavy (non-hydrogen) atoms. The highest BCUT2D eigenvalue weighted by Gasteiger charge is 2.28. The first-order chi connectivity index (χ1) is 12.0. The molecule has 1 saturated heterocycles. The summed E-state index contributed by atoms with van der Waals surface area (Å²) < 4.78 is 5.82. The molecule has 2 amide bonds. The Labute approximate surface area is 151 Å². The highest BCUT2D eigenvalue weighted by molar-refractivity contribution is 6.30. The number of aromatic nitrogens is 2. The third-order valence-corrected chi connectivity index (χ3v) is 4.11. The Morgan fingerprint density at radius 3 is 2.84 bits per heavy atom. The second-order valence-electron chi connectivity index (χ2n) is 6.04. The van der Waals surface area contributed by atoms with Gasteiger partial charge in [-0.1, -0.05) is 17.7 Å². The lowest BCUT2D eigenvalue weighted by Gasteiger charge is -2.18. The number of carbonyl (C=O) groups excluding carboxylic acids is 1. The number of halogens is 1. The first-order valence-corrected chi connectivity index (χ1v) is 8.38. The van der Waals surface area contributed by atoms with Crippen LogP contribution in [0.3, 0.4) is 0 Å². The minimum Gasteiger partial charge on any atom is -0.471 e. The van der Waals surface area contributed by atoms with E-state index in [-0.39, 0.29) is 12.1 Å². The molecule has 1 aliphatic rings. The number of amides is 2. The lowest BCUT2D eigenvalue weighted by molar-refractivity contribution is 0.188. The van der Waals surface area contributed by atoms with Crippen LogP contribution in [0.4, 0.5) is 16.3 Å². The summed E-state index contributed by atoms with van der Waals surface area (Å²) >= 11 is 5.93. The van der Waals surface area contributed by atoms with Crippen LogP contribution in [0.1, 0.15) is 6.42 Å². The molecule has 1 aromatic carbocycles. The van der Waals surface area contributed by atoms with Crippen molar-refractivity contribution in [1.82, 2.24) is 15.1 Å². The lowest BCUT2D eigenvalue weighted by Crippen LogP contribution is -2.34. The van der Waals surface area contributed by atoms with Gasteiger partial charge in [0.2, 0.25) is 5.88 Å². The van der Waals surface area contributed by atoms with Crippen molar-refractivity contribution in [3.05, 3.63) is 41.4 Å². The zero-order chi connectivity index (χ0) is 17.8. The monoisotopic (exact) mass is 361 g/mol. The number of ether oxygens (including phenoxy) is 1. The van der Waals surface area contributed by atoms with Crippen LogP contribution >= 0.6 is 11.6 Å². The van der Waals surface area contributed by atoms with Crippen molar-refractivity contribution < 1.29 is 9.53 Å². The fraction of sp³-hybridized carbons (Fsp3) is 0.353. The van der Waals surface area contributed by atoms with E-state index in [0.717, 1.165) is 12.2 Å². The highest BCUT2D eigenvalue weighted by atomic mass is 35.5. The van der Waals surface area contributed by atoms with Gasteiger partial charge in [-0.25, -0.2) is 4.79 Å². The van der Waals surface area contributed by atoms with Crippen molar-refractivity contribution in [2.24, 2.45) is 0 Å². The largest absolute Gasteiger partial charge is 0.471 e. The SMILES string of the molecule is CN(C)c1ccc(OC2CCN(C(=O)Nc3cccc(Cl)c3)C2)nn1. The second-order valence-corrected chi connectivity index (χ2v) is 6.48. The summed E-state index contributed by atoms with van der Waals surface area (Å²) in [6, 6.07) is 10.5. The fourth-order valence-electron chi connectivity index (χ4n) is 2.56. The summed E-state index contributed by atoms with van der Waals surface area (Å²) in [6.07, 6.45) is 0.657. The van der Waals surface area contributed by atoms with Crippen molar-refractivity contribution in [3.8, 4) is 5.88 Å². The molecule has 132 valence electrons. The van der Waals surface area contributed by atoms with E-state index in [2.05, 4.69) is 15.5 Å².